The van der Waals surface area contributed by atoms with E-state index in [1.54, 1.807) is 24.4 Å². The molecule has 134 valence electrons. The third-order valence-corrected chi connectivity index (χ3v) is 4.09. The molecule has 1 N–H and O–H groups in total. The zero-order valence-electron chi connectivity index (χ0n) is 14.1. The molecule has 0 unspecified atom stereocenters. The number of aromatic nitrogens is 2. The van der Waals surface area contributed by atoms with Crippen LogP contribution in [0, 0.1) is 23.0 Å². The van der Waals surface area contributed by atoms with Gasteiger partial charge < -0.3 is 10.1 Å². The van der Waals surface area contributed by atoms with Crippen LogP contribution >= 0.6 is 0 Å². The number of benzene rings is 2. The van der Waals surface area contributed by atoms with Crippen molar-refractivity contribution in [1.29, 1.82) is 5.26 Å². The normalized spacial score (nSPS) is 13.1. The Hall–Kier alpha value is -3.53. The molecule has 1 heterocycles. The molecule has 7 heteroatoms. The number of hydrogen-bond donors (Lipinski definition) is 1. The summed E-state index contributed by atoms with van der Waals surface area (Å²) in [6.07, 6.45) is 3.96. The van der Waals surface area contributed by atoms with Gasteiger partial charge in [0.2, 0.25) is 5.95 Å². The lowest BCUT2D eigenvalue weighted by atomic mass is 10.2. The second-order valence-corrected chi connectivity index (χ2v) is 6.23. The van der Waals surface area contributed by atoms with Crippen molar-refractivity contribution < 1.29 is 13.5 Å². The van der Waals surface area contributed by atoms with Gasteiger partial charge in [0.1, 0.15) is 29.2 Å². The maximum absolute atomic E-state index is 13.4. The fourth-order valence-electron chi connectivity index (χ4n) is 2.66. The molecule has 3 aromatic rings. The van der Waals surface area contributed by atoms with E-state index in [1.165, 1.54) is 0 Å². The molecule has 1 aliphatic rings. The Balaban J connectivity index is 1.60. The summed E-state index contributed by atoms with van der Waals surface area (Å²) in [4.78, 5) is 8.68. The van der Waals surface area contributed by atoms with Gasteiger partial charge >= 0.3 is 0 Å². The molecule has 0 bridgehead atoms. The van der Waals surface area contributed by atoms with Crippen molar-refractivity contribution in [2.45, 2.75) is 18.8 Å². The number of nitriles is 1. The molecule has 0 saturated heterocycles. The smallest absolute Gasteiger partial charge is 0.227 e. The molecule has 0 radical (unpaired) electrons. The largest absolute Gasteiger partial charge is 0.456 e. The summed E-state index contributed by atoms with van der Waals surface area (Å²) in [6, 6.07) is 11.5. The summed E-state index contributed by atoms with van der Waals surface area (Å²) in [7, 11) is 0. The van der Waals surface area contributed by atoms with E-state index >= 15 is 0 Å². The number of nitrogens with one attached hydrogen (secondary N) is 1. The maximum Gasteiger partial charge on any atom is 0.227 e. The van der Waals surface area contributed by atoms with Crippen molar-refractivity contribution in [2.24, 2.45) is 0 Å². The summed E-state index contributed by atoms with van der Waals surface area (Å²) >= 11 is 0. The van der Waals surface area contributed by atoms with Crippen molar-refractivity contribution in [3.05, 3.63) is 71.6 Å². The van der Waals surface area contributed by atoms with Crippen LogP contribution in [0.2, 0.25) is 0 Å². The van der Waals surface area contributed by atoms with Gasteiger partial charge in [-0.05, 0) is 31.0 Å². The van der Waals surface area contributed by atoms with Crippen LogP contribution in [0.1, 0.15) is 30.0 Å². The highest BCUT2D eigenvalue weighted by atomic mass is 19.1. The van der Waals surface area contributed by atoms with Crippen LogP contribution in [0.5, 0.6) is 11.5 Å². The van der Waals surface area contributed by atoms with Crippen LogP contribution in [-0.4, -0.2) is 9.97 Å². The van der Waals surface area contributed by atoms with Gasteiger partial charge in [0.15, 0.2) is 0 Å². The number of rotatable bonds is 5. The van der Waals surface area contributed by atoms with Gasteiger partial charge in [-0.1, -0.05) is 0 Å². The summed E-state index contributed by atoms with van der Waals surface area (Å²) < 4.78 is 32.3. The lowest BCUT2D eigenvalue weighted by molar-refractivity contribution is 0.467. The third-order valence-electron chi connectivity index (χ3n) is 4.09. The van der Waals surface area contributed by atoms with Gasteiger partial charge in [0, 0.05) is 47.8 Å². The molecule has 0 spiro atoms. The van der Waals surface area contributed by atoms with Crippen LogP contribution in [0.3, 0.4) is 0 Å². The Kier molecular flexibility index (Phi) is 4.38. The highest BCUT2D eigenvalue weighted by Crippen LogP contribution is 2.39. The van der Waals surface area contributed by atoms with Gasteiger partial charge in [-0.3, -0.25) is 0 Å². The van der Waals surface area contributed by atoms with E-state index in [0.29, 0.717) is 17.6 Å². The molecule has 1 aliphatic carbocycles. The Morgan fingerprint density at radius 1 is 1.07 bits per heavy atom. The van der Waals surface area contributed by atoms with Crippen LogP contribution < -0.4 is 10.1 Å². The van der Waals surface area contributed by atoms with E-state index in [1.807, 2.05) is 12.1 Å². The Morgan fingerprint density at radius 3 is 2.56 bits per heavy atom. The summed E-state index contributed by atoms with van der Waals surface area (Å²) in [5.74, 6) is -0.451. The average molecular weight is 364 g/mol. The Bertz CT molecular complexity index is 1020. The SMILES string of the molecule is N#Cc1ccc(Nc2nccc(C3CC3)n2)cc1Oc1cc(F)cc(F)c1. The molecule has 0 amide bonds. The van der Waals surface area contributed by atoms with Gasteiger partial charge in [0.05, 0.1) is 5.56 Å². The summed E-state index contributed by atoms with van der Waals surface area (Å²) in [6.45, 7) is 0. The standard InChI is InChI=1S/C20H14F2N4O/c21-14-7-15(22)9-17(8-14)27-19-10-16(4-3-13(19)11-23)25-20-24-6-5-18(26-20)12-1-2-12/h3-10,12H,1-2H2,(H,24,25,26). The van der Waals surface area contributed by atoms with Gasteiger partial charge in [0.25, 0.3) is 0 Å². The maximum atomic E-state index is 13.4. The molecule has 4 rings (SSSR count). The van der Waals surface area contributed by atoms with Crippen molar-refractivity contribution >= 4 is 11.6 Å². The molecule has 27 heavy (non-hydrogen) atoms. The topological polar surface area (TPSA) is 70.8 Å². The quantitative estimate of drug-likeness (QED) is 0.687. The van der Waals surface area contributed by atoms with E-state index < -0.39 is 11.6 Å². The summed E-state index contributed by atoms with van der Waals surface area (Å²) in [5, 5.41) is 12.3. The van der Waals surface area contributed by atoms with Crippen LogP contribution in [0.25, 0.3) is 0 Å². The number of ether oxygens (including phenoxy) is 1. The molecule has 0 aliphatic heterocycles. The fourth-order valence-corrected chi connectivity index (χ4v) is 2.66. The van der Waals surface area contributed by atoms with Crippen molar-refractivity contribution in [3.8, 4) is 17.6 Å². The highest BCUT2D eigenvalue weighted by Gasteiger charge is 2.25. The first kappa shape index (κ1) is 16.9. The van der Waals surface area contributed by atoms with E-state index in [-0.39, 0.29) is 17.1 Å². The van der Waals surface area contributed by atoms with E-state index in [4.69, 9.17) is 4.74 Å². The monoisotopic (exact) mass is 364 g/mol. The van der Waals surface area contributed by atoms with E-state index in [0.717, 1.165) is 36.7 Å². The minimum absolute atomic E-state index is 0.0341. The van der Waals surface area contributed by atoms with Crippen LogP contribution in [0.4, 0.5) is 20.4 Å². The van der Waals surface area contributed by atoms with Gasteiger partial charge in [-0.15, -0.1) is 0 Å². The second-order valence-electron chi connectivity index (χ2n) is 6.23. The average Bonchev–Trinajstić information content (AvgIpc) is 3.46. The van der Waals surface area contributed by atoms with Crippen molar-refractivity contribution in [3.63, 3.8) is 0 Å². The molecule has 5 nitrogen and oxygen atoms in total. The highest BCUT2D eigenvalue weighted by molar-refractivity contribution is 5.60. The molecular formula is C20H14F2N4O. The number of nitrogens with zero attached hydrogens (tertiary/aromatic N) is 3. The van der Waals surface area contributed by atoms with Crippen molar-refractivity contribution in [1.82, 2.24) is 9.97 Å². The lowest BCUT2D eigenvalue weighted by Crippen LogP contribution is -2.00. The third kappa shape index (κ3) is 4.01. The molecule has 0 atom stereocenters. The Morgan fingerprint density at radius 2 is 1.85 bits per heavy atom. The fraction of sp³-hybridized carbons (Fsp3) is 0.150. The molecule has 2 aromatic carbocycles. The van der Waals surface area contributed by atoms with Crippen LogP contribution in [-0.2, 0) is 0 Å². The predicted octanol–water partition coefficient (Wildman–Crippen LogP) is 5.04. The van der Waals surface area contributed by atoms with Gasteiger partial charge in [-0.2, -0.15) is 5.26 Å². The predicted molar refractivity (Wildman–Crippen MR) is 94.9 cm³/mol. The Labute approximate surface area is 154 Å². The van der Waals surface area contributed by atoms with E-state index in [2.05, 4.69) is 15.3 Å². The first-order valence-corrected chi connectivity index (χ1v) is 8.39. The number of hydrogen-bond acceptors (Lipinski definition) is 5. The lowest BCUT2D eigenvalue weighted by Gasteiger charge is -2.11. The van der Waals surface area contributed by atoms with Gasteiger partial charge in [-0.25, -0.2) is 18.7 Å². The zero-order valence-corrected chi connectivity index (χ0v) is 14.1. The molecule has 1 saturated carbocycles. The second kappa shape index (κ2) is 7.00. The first-order valence-electron chi connectivity index (χ1n) is 8.39. The molecule has 1 aromatic heterocycles. The van der Waals surface area contributed by atoms with Crippen molar-refractivity contribution in [2.75, 3.05) is 5.32 Å². The number of anilines is 2. The summed E-state index contributed by atoms with van der Waals surface area (Å²) in [5.41, 5.74) is 1.82. The van der Waals surface area contributed by atoms with Crippen LogP contribution in [0.15, 0.2) is 48.7 Å². The molecular weight excluding hydrogens is 350 g/mol. The zero-order chi connectivity index (χ0) is 18.8. The van der Waals surface area contributed by atoms with E-state index in [9.17, 15) is 14.0 Å². The minimum atomic E-state index is -0.761. The number of halogens is 2. The minimum Gasteiger partial charge on any atom is -0.456 e. The molecule has 1 fully saturated rings. The first-order chi connectivity index (χ1) is 13.1.